The summed E-state index contributed by atoms with van der Waals surface area (Å²) in [6.07, 6.45) is 3.24. The molecule has 0 saturated carbocycles. The van der Waals surface area contributed by atoms with E-state index in [1.54, 1.807) is 11.1 Å². The molecule has 3 amide bonds. The number of ether oxygens (including phenoxy) is 1. The number of piperidine rings is 1. The number of urea groups is 1. The van der Waals surface area contributed by atoms with Crippen LogP contribution in [-0.2, 0) is 11.3 Å². The molecular weight excluding hydrogens is 320 g/mol. The molecule has 7 heteroatoms. The lowest BCUT2D eigenvalue weighted by Gasteiger charge is -2.36. The van der Waals surface area contributed by atoms with Crippen molar-refractivity contribution in [3.63, 3.8) is 0 Å². The summed E-state index contributed by atoms with van der Waals surface area (Å²) in [5, 5.41) is 2.89. The van der Waals surface area contributed by atoms with Gasteiger partial charge in [-0.05, 0) is 51.7 Å². The minimum Gasteiger partial charge on any atom is -0.444 e. The molecule has 3 rings (SSSR count). The Kier molecular flexibility index (Phi) is 4.83. The van der Waals surface area contributed by atoms with Gasteiger partial charge in [-0.25, -0.2) is 9.59 Å². The van der Waals surface area contributed by atoms with Gasteiger partial charge in [0.25, 0.3) is 0 Å². The van der Waals surface area contributed by atoms with E-state index in [-0.39, 0.29) is 12.1 Å². The van der Waals surface area contributed by atoms with Crippen LogP contribution in [0.2, 0.25) is 0 Å². The van der Waals surface area contributed by atoms with Gasteiger partial charge in [0, 0.05) is 25.8 Å². The zero-order chi connectivity index (χ0) is 18.0. The Hall–Kier alpha value is -2.31. The molecule has 0 aromatic carbocycles. The number of hydrogen-bond acceptors (Lipinski definition) is 4. The third-order valence-electron chi connectivity index (χ3n) is 4.50. The number of nitrogens with one attached hydrogen (secondary N) is 1. The number of pyridine rings is 1. The van der Waals surface area contributed by atoms with Gasteiger partial charge in [-0.15, -0.1) is 0 Å². The van der Waals surface area contributed by atoms with Crippen LogP contribution in [0.1, 0.15) is 39.3 Å². The van der Waals surface area contributed by atoms with E-state index in [4.69, 9.17) is 4.74 Å². The third kappa shape index (κ3) is 4.41. The molecule has 2 aliphatic heterocycles. The van der Waals surface area contributed by atoms with Gasteiger partial charge in [-0.2, -0.15) is 0 Å². The van der Waals surface area contributed by atoms with Gasteiger partial charge in [-0.1, -0.05) is 0 Å². The van der Waals surface area contributed by atoms with Gasteiger partial charge in [0.05, 0.1) is 17.9 Å². The van der Waals surface area contributed by atoms with Crippen LogP contribution >= 0.6 is 0 Å². The van der Waals surface area contributed by atoms with E-state index in [1.807, 2.05) is 37.8 Å². The zero-order valence-corrected chi connectivity index (χ0v) is 15.1. The summed E-state index contributed by atoms with van der Waals surface area (Å²) in [5.41, 5.74) is 1.22. The summed E-state index contributed by atoms with van der Waals surface area (Å²) in [6, 6.07) is 3.62. The summed E-state index contributed by atoms with van der Waals surface area (Å²) >= 11 is 0. The van der Waals surface area contributed by atoms with E-state index in [0.29, 0.717) is 32.1 Å². The highest BCUT2D eigenvalue weighted by Gasteiger charge is 2.30. The van der Waals surface area contributed by atoms with Gasteiger partial charge < -0.3 is 19.9 Å². The molecule has 0 radical (unpaired) electrons. The first-order valence-electron chi connectivity index (χ1n) is 8.79. The van der Waals surface area contributed by atoms with Gasteiger partial charge in [0.2, 0.25) is 0 Å². The molecule has 0 unspecified atom stereocenters. The Balaban J connectivity index is 1.51. The SMILES string of the molecule is CC(C)(C)OC(=O)N1CCC(CN2Cc3ncccc3NC2=O)CC1. The minimum absolute atomic E-state index is 0.0740. The maximum atomic E-state index is 12.3. The van der Waals surface area contributed by atoms with E-state index in [0.717, 1.165) is 24.2 Å². The van der Waals surface area contributed by atoms with Crippen molar-refractivity contribution < 1.29 is 14.3 Å². The van der Waals surface area contributed by atoms with Crippen molar-refractivity contribution in [1.29, 1.82) is 0 Å². The number of nitrogens with zero attached hydrogens (tertiary/aromatic N) is 3. The monoisotopic (exact) mass is 346 g/mol. The second-order valence-corrected chi connectivity index (χ2v) is 7.72. The molecule has 0 aliphatic carbocycles. The lowest BCUT2D eigenvalue weighted by Crippen LogP contribution is -2.46. The molecule has 25 heavy (non-hydrogen) atoms. The summed E-state index contributed by atoms with van der Waals surface area (Å²) < 4.78 is 5.42. The van der Waals surface area contributed by atoms with E-state index in [9.17, 15) is 9.59 Å². The standard InChI is InChI=1S/C18H26N4O3/c1-18(2,3)25-17(24)21-9-6-13(7-10-21)11-22-12-15-14(20-16(22)23)5-4-8-19-15/h4-5,8,13H,6-7,9-12H2,1-3H3,(H,20,23). The molecule has 1 saturated heterocycles. The number of fused-ring (bicyclic) bond motifs is 1. The summed E-state index contributed by atoms with van der Waals surface area (Å²) in [4.78, 5) is 32.3. The fraction of sp³-hybridized carbons (Fsp3) is 0.611. The largest absolute Gasteiger partial charge is 0.444 e. The number of carbonyl (C=O) groups excluding carboxylic acids is 2. The number of carbonyl (C=O) groups is 2. The minimum atomic E-state index is -0.472. The molecule has 0 bridgehead atoms. The van der Waals surface area contributed by atoms with E-state index in [2.05, 4.69) is 10.3 Å². The van der Waals surface area contributed by atoms with Crippen LogP contribution in [-0.4, -0.2) is 52.1 Å². The highest BCUT2D eigenvalue weighted by Crippen LogP contribution is 2.25. The number of aromatic nitrogens is 1. The average molecular weight is 346 g/mol. The number of likely N-dealkylation sites (tertiary alicyclic amines) is 1. The molecule has 2 aliphatic rings. The van der Waals surface area contributed by atoms with Crippen molar-refractivity contribution in [2.45, 2.75) is 45.8 Å². The smallest absolute Gasteiger partial charge is 0.410 e. The highest BCUT2D eigenvalue weighted by atomic mass is 16.6. The Morgan fingerprint density at radius 3 is 2.76 bits per heavy atom. The van der Waals surface area contributed by atoms with Crippen LogP contribution in [0.3, 0.4) is 0 Å². The molecule has 0 atom stereocenters. The van der Waals surface area contributed by atoms with Crippen molar-refractivity contribution in [1.82, 2.24) is 14.8 Å². The van der Waals surface area contributed by atoms with Crippen molar-refractivity contribution in [2.24, 2.45) is 5.92 Å². The molecule has 3 heterocycles. The topological polar surface area (TPSA) is 74.8 Å². The van der Waals surface area contributed by atoms with Gasteiger partial charge >= 0.3 is 12.1 Å². The van der Waals surface area contributed by atoms with Gasteiger partial charge in [-0.3, -0.25) is 4.98 Å². The van der Waals surface area contributed by atoms with Crippen LogP contribution in [0.5, 0.6) is 0 Å². The fourth-order valence-corrected chi connectivity index (χ4v) is 3.21. The Bertz CT molecular complexity index is 648. The lowest BCUT2D eigenvalue weighted by atomic mass is 9.96. The predicted octanol–water partition coefficient (Wildman–Crippen LogP) is 3.08. The summed E-state index contributed by atoms with van der Waals surface area (Å²) in [7, 11) is 0. The van der Waals surface area contributed by atoms with Crippen molar-refractivity contribution in [3.05, 3.63) is 24.0 Å². The van der Waals surface area contributed by atoms with Crippen LogP contribution in [0.4, 0.5) is 15.3 Å². The number of anilines is 1. The Morgan fingerprint density at radius 2 is 2.08 bits per heavy atom. The van der Waals surface area contributed by atoms with Crippen LogP contribution in [0.15, 0.2) is 18.3 Å². The Labute approximate surface area is 148 Å². The first-order valence-corrected chi connectivity index (χ1v) is 8.79. The summed E-state index contributed by atoms with van der Waals surface area (Å²) in [6.45, 7) is 8.18. The summed E-state index contributed by atoms with van der Waals surface area (Å²) in [5.74, 6) is 0.384. The maximum absolute atomic E-state index is 12.3. The average Bonchev–Trinajstić information content (AvgIpc) is 2.54. The van der Waals surface area contributed by atoms with E-state index >= 15 is 0 Å². The molecule has 1 aromatic heterocycles. The van der Waals surface area contributed by atoms with E-state index < -0.39 is 5.60 Å². The normalized spacial score (nSPS) is 18.6. The second-order valence-electron chi connectivity index (χ2n) is 7.72. The molecule has 7 nitrogen and oxygen atoms in total. The van der Waals surface area contributed by atoms with Crippen molar-refractivity contribution in [3.8, 4) is 0 Å². The van der Waals surface area contributed by atoms with Gasteiger partial charge in [0.15, 0.2) is 0 Å². The first kappa shape index (κ1) is 17.5. The number of hydrogen-bond donors (Lipinski definition) is 1. The lowest BCUT2D eigenvalue weighted by molar-refractivity contribution is 0.0173. The molecule has 1 N–H and O–H groups in total. The quantitative estimate of drug-likeness (QED) is 0.893. The van der Waals surface area contributed by atoms with Crippen molar-refractivity contribution >= 4 is 17.8 Å². The molecule has 0 spiro atoms. The zero-order valence-electron chi connectivity index (χ0n) is 15.1. The maximum Gasteiger partial charge on any atom is 0.410 e. The molecule has 1 fully saturated rings. The number of rotatable bonds is 2. The van der Waals surface area contributed by atoms with Gasteiger partial charge in [0.1, 0.15) is 5.60 Å². The van der Waals surface area contributed by atoms with Crippen molar-refractivity contribution in [2.75, 3.05) is 25.0 Å². The number of amides is 3. The highest BCUT2D eigenvalue weighted by molar-refractivity contribution is 5.91. The molecular formula is C18H26N4O3. The van der Waals surface area contributed by atoms with Crippen LogP contribution < -0.4 is 5.32 Å². The molecule has 136 valence electrons. The second kappa shape index (κ2) is 6.90. The molecule has 1 aromatic rings. The predicted molar refractivity (Wildman–Crippen MR) is 94.2 cm³/mol. The first-order chi connectivity index (χ1) is 11.8. The van der Waals surface area contributed by atoms with Crippen LogP contribution in [0.25, 0.3) is 0 Å². The van der Waals surface area contributed by atoms with E-state index in [1.165, 1.54) is 0 Å². The Morgan fingerprint density at radius 1 is 1.36 bits per heavy atom. The third-order valence-corrected chi connectivity index (χ3v) is 4.50. The van der Waals surface area contributed by atoms with Crippen LogP contribution in [0, 0.1) is 5.92 Å². The fourth-order valence-electron chi connectivity index (χ4n) is 3.21.